The molecule has 24 heavy (non-hydrogen) atoms. The molecule has 0 aliphatic carbocycles. The van der Waals surface area contributed by atoms with Gasteiger partial charge >= 0.3 is 0 Å². The Morgan fingerprint density at radius 1 is 1.08 bits per heavy atom. The van der Waals surface area contributed by atoms with Crippen LogP contribution in [0.15, 0.2) is 59.1 Å². The van der Waals surface area contributed by atoms with E-state index in [1.165, 1.54) is 0 Å². The van der Waals surface area contributed by atoms with Crippen molar-refractivity contribution < 1.29 is 9.59 Å². The second-order valence-electron chi connectivity index (χ2n) is 5.51. The standard InChI is InChI=1S/C19H21BrN2O2/c1-2-7-17(14-8-4-3-5-9-14)22-18(23)13-21-19(24)15-10-6-11-16(20)12-15/h3-6,8-12,17H,2,7,13H2,1H3,(H,21,24)(H,22,23). The summed E-state index contributed by atoms with van der Waals surface area (Å²) in [4.78, 5) is 24.2. The van der Waals surface area contributed by atoms with Gasteiger partial charge in [-0.15, -0.1) is 0 Å². The molecule has 0 aliphatic rings. The molecule has 0 saturated carbocycles. The van der Waals surface area contributed by atoms with E-state index in [0.717, 1.165) is 22.9 Å². The topological polar surface area (TPSA) is 58.2 Å². The first kappa shape index (κ1) is 18.2. The lowest BCUT2D eigenvalue weighted by atomic mass is 10.0. The molecule has 0 saturated heterocycles. The average Bonchev–Trinajstić information content (AvgIpc) is 2.60. The van der Waals surface area contributed by atoms with Gasteiger partial charge in [-0.2, -0.15) is 0 Å². The highest BCUT2D eigenvalue weighted by Gasteiger charge is 2.14. The molecule has 0 heterocycles. The van der Waals surface area contributed by atoms with Crippen molar-refractivity contribution in [3.05, 3.63) is 70.2 Å². The molecule has 1 atom stereocenters. The van der Waals surface area contributed by atoms with Crippen molar-refractivity contribution in [2.45, 2.75) is 25.8 Å². The Labute approximate surface area is 150 Å². The lowest BCUT2D eigenvalue weighted by Crippen LogP contribution is -2.38. The molecule has 2 rings (SSSR count). The van der Waals surface area contributed by atoms with Gasteiger partial charge in [-0.25, -0.2) is 0 Å². The minimum absolute atomic E-state index is 0.0357. The number of carbonyl (C=O) groups is 2. The van der Waals surface area contributed by atoms with Crippen LogP contribution in [0.25, 0.3) is 0 Å². The van der Waals surface area contributed by atoms with Crippen molar-refractivity contribution in [1.29, 1.82) is 0 Å². The molecule has 0 radical (unpaired) electrons. The van der Waals surface area contributed by atoms with E-state index >= 15 is 0 Å². The van der Waals surface area contributed by atoms with Crippen LogP contribution in [0.3, 0.4) is 0 Å². The fraction of sp³-hybridized carbons (Fsp3) is 0.263. The molecular weight excluding hydrogens is 368 g/mol. The first-order valence-corrected chi connectivity index (χ1v) is 8.77. The van der Waals surface area contributed by atoms with Gasteiger partial charge < -0.3 is 10.6 Å². The SMILES string of the molecule is CCCC(NC(=O)CNC(=O)c1cccc(Br)c1)c1ccccc1. The molecule has 126 valence electrons. The highest BCUT2D eigenvalue weighted by Crippen LogP contribution is 2.17. The predicted molar refractivity (Wildman–Crippen MR) is 98.7 cm³/mol. The van der Waals surface area contributed by atoms with Crippen LogP contribution in [0.4, 0.5) is 0 Å². The van der Waals surface area contributed by atoms with Gasteiger partial charge in [0.05, 0.1) is 12.6 Å². The Balaban J connectivity index is 1.90. The number of nitrogens with one attached hydrogen (secondary N) is 2. The van der Waals surface area contributed by atoms with Crippen molar-refractivity contribution in [2.24, 2.45) is 0 Å². The van der Waals surface area contributed by atoms with Crippen LogP contribution in [0, 0.1) is 0 Å². The summed E-state index contributed by atoms with van der Waals surface area (Å²) in [5.41, 5.74) is 1.59. The van der Waals surface area contributed by atoms with Gasteiger partial charge in [-0.05, 0) is 30.2 Å². The minimum Gasteiger partial charge on any atom is -0.348 e. The fourth-order valence-electron chi connectivity index (χ4n) is 2.43. The number of hydrogen-bond acceptors (Lipinski definition) is 2. The number of hydrogen-bond donors (Lipinski definition) is 2. The molecule has 0 bridgehead atoms. The van der Waals surface area contributed by atoms with Crippen molar-refractivity contribution >= 4 is 27.7 Å². The van der Waals surface area contributed by atoms with E-state index in [-0.39, 0.29) is 24.4 Å². The molecule has 5 heteroatoms. The molecule has 1 unspecified atom stereocenters. The van der Waals surface area contributed by atoms with E-state index in [4.69, 9.17) is 0 Å². The molecule has 0 aliphatic heterocycles. The Kier molecular flexibility index (Phi) is 7.00. The van der Waals surface area contributed by atoms with Gasteiger partial charge in [-0.3, -0.25) is 9.59 Å². The van der Waals surface area contributed by atoms with Crippen LogP contribution in [0.1, 0.15) is 41.7 Å². The highest BCUT2D eigenvalue weighted by molar-refractivity contribution is 9.10. The van der Waals surface area contributed by atoms with Crippen LogP contribution in [-0.4, -0.2) is 18.4 Å². The van der Waals surface area contributed by atoms with Crippen molar-refractivity contribution in [2.75, 3.05) is 6.54 Å². The normalized spacial score (nSPS) is 11.6. The number of rotatable bonds is 7. The number of benzene rings is 2. The zero-order chi connectivity index (χ0) is 17.4. The fourth-order valence-corrected chi connectivity index (χ4v) is 2.83. The Morgan fingerprint density at radius 2 is 1.83 bits per heavy atom. The van der Waals surface area contributed by atoms with E-state index in [0.29, 0.717) is 5.56 Å². The number of carbonyl (C=O) groups excluding carboxylic acids is 2. The van der Waals surface area contributed by atoms with Gasteiger partial charge in [0.2, 0.25) is 5.91 Å². The minimum atomic E-state index is -0.266. The van der Waals surface area contributed by atoms with Crippen molar-refractivity contribution in [3.8, 4) is 0 Å². The summed E-state index contributed by atoms with van der Waals surface area (Å²) in [5.74, 6) is -0.459. The van der Waals surface area contributed by atoms with E-state index in [2.05, 4.69) is 33.5 Å². The van der Waals surface area contributed by atoms with Gasteiger partial charge in [0.25, 0.3) is 5.91 Å². The second kappa shape index (κ2) is 9.23. The molecule has 0 aromatic heterocycles. The lowest BCUT2D eigenvalue weighted by Gasteiger charge is -2.18. The molecule has 0 spiro atoms. The van der Waals surface area contributed by atoms with Crippen LogP contribution in [-0.2, 0) is 4.79 Å². The first-order valence-electron chi connectivity index (χ1n) is 7.98. The third-order valence-electron chi connectivity index (χ3n) is 3.61. The Bertz CT molecular complexity index is 689. The zero-order valence-corrected chi connectivity index (χ0v) is 15.2. The second-order valence-corrected chi connectivity index (χ2v) is 6.43. The number of amides is 2. The Morgan fingerprint density at radius 3 is 2.50 bits per heavy atom. The summed E-state index contributed by atoms with van der Waals surface area (Å²) in [5, 5.41) is 5.64. The van der Waals surface area contributed by atoms with Gasteiger partial charge in [0.1, 0.15) is 0 Å². The summed E-state index contributed by atoms with van der Waals surface area (Å²) in [7, 11) is 0. The monoisotopic (exact) mass is 388 g/mol. The third kappa shape index (κ3) is 5.49. The maximum Gasteiger partial charge on any atom is 0.251 e. The summed E-state index contributed by atoms with van der Waals surface area (Å²) < 4.78 is 0.826. The van der Waals surface area contributed by atoms with Crippen molar-refractivity contribution in [1.82, 2.24) is 10.6 Å². The van der Waals surface area contributed by atoms with E-state index in [1.807, 2.05) is 36.4 Å². The first-order chi connectivity index (χ1) is 11.6. The molecule has 2 aromatic carbocycles. The quantitative estimate of drug-likeness (QED) is 0.756. The number of halogens is 1. The van der Waals surface area contributed by atoms with Gasteiger partial charge in [-0.1, -0.05) is 65.7 Å². The highest BCUT2D eigenvalue weighted by atomic mass is 79.9. The largest absolute Gasteiger partial charge is 0.348 e. The molecule has 2 N–H and O–H groups in total. The van der Waals surface area contributed by atoms with Gasteiger partial charge in [0.15, 0.2) is 0 Å². The summed E-state index contributed by atoms with van der Waals surface area (Å²) >= 11 is 3.33. The van der Waals surface area contributed by atoms with Crippen LogP contribution >= 0.6 is 15.9 Å². The van der Waals surface area contributed by atoms with Crippen LogP contribution in [0.5, 0.6) is 0 Å². The van der Waals surface area contributed by atoms with E-state index in [9.17, 15) is 9.59 Å². The maximum absolute atomic E-state index is 12.2. The zero-order valence-electron chi connectivity index (χ0n) is 13.6. The Hall–Kier alpha value is -2.14. The summed E-state index contributed by atoms with van der Waals surface area (Å²) in [6.07, 6.45) is 1.82. The molecule has 2 aromatic rings. The summed E-state index contributed by atoms with van der Waals surface area (Å²) in [6, 6.07) is 16.9. The average molecular weight is 389 g/mol. The van der Waals surface area contributed by atoms with Gasteiger partial charge in [0, 0.05) is 10.0 Å². The van der Waals surface area contributed by atoms with Crippen LogP contribution < -0.4 is 10.6 Å². The van der Waals surface area contributed by atoms with E-state index in [1.54, 1.807) is 18.2 Å². The van der Waals surface area contributed by atoms with E-state index < -0.39 is 0 Å². The third-order valence-corrected chi connectivity index (χ3v) is 4.10. The molecule has 2 amide bonds. The summed E-state index contributed by atoms with van der Waals surface area (Å²) in [6.45, 7) is 2.04. The smallest absolute Gasteiger partial charge is 0.251 e. The molecular formula is C19H21BrN2O2. The van der Waals surface area contributed by atoms with Crippen LogP contribution in [0.2, 0.25) is 0 Å². The maximum atomic E-state index is 12.2. The van der Waals surface area contributed by atoms with Crippen molar-refractivity contribution in [3.63, 3.8) is 0 Å². The molecule has 4 nitrogen and oxygen atoms in total. The molecule has 0 fully saturated rings. The predicted octanol–water partition coefficient (Wildman–Crippen LogP) is 3.84. The lowest BCUT2D eigenvalue weighted by molar-refractivity contribution is -0.120.